The number of fused-ring (bicyclic) bond motifs is 3. The van der Waals surface area contributed by atoms with Crippen molar-refractivity contribution in [2.24, 2.45) is 0 Å². The van der Waals surface area contributed by atoms with E-state index in [4.69, 9.17) is 0 Å². The molecule has 69 heavy (non-hydrogen) atoms. The first-order valence-electron chi connectivity index (χ1n) is 24.2. The lowest BCUT2D eigenvalue weighted by Crippen LogP contribution is -2.11. The minimum absolute atomic E-state index is 0.0604. The van der Waals surface area contributed by atoms with E-state index < -0.39 is 0 Å². The highest BCUT2D eigenvalue weighted by atomic mass is 32.1. The Kier molecular flexibility index (Phi) is 11.4. The Labute approximate surface area is 412 Å². The Hall–Kier alpha value is -7.58. The number of thiophene rings is 1. The summed E-state index contributed by atoms with van der Waals surface area (Å²) in [5.74, 6) is 0. The van der Waals surface area contributed by atoms with Crippen molar-refractivity contribution in [1.29, 1.82) is 0 Å². The van der Waals surface area contributed by atoms with Gasteiger partial charge in [0.2, 0.25) is 0 Å². The Morgan fingerprint density at radius 2 is 0.478 bits per heavy atom. The Bertz CT molecular complexity index is 3280. The maximum atomic E-state index is 2.49. The van der Waals surface area contributed by atoms with Crippen LogP contribution in [0.1, 0.15) is 52.7 Å². The summed E-state index contributed by atoms with van der Waals surface area (Å²) < 4.78 is 2.65. The van der Waals surface area contributed by atoms with Gasteiger partial charge in [-0.1, -0.05) is 199 Å². The van der Waals surface area contributed by atoms with Crippen molar-refractivity contribution >= 4 is 31.5 Å². The second-order valence-corrected chi connectivity index (χ2v) is 21.6. The summed E-state index contributed by atoms with van der Waals surface area (Å²) in [7, 11) is 0. The summed E-state index contributed by atoms with van der Waals surface area (Å²) in [4.78, 5) is 0. The van der Waals surface area contributed by atoms with Crippen molar-refractivity contribution in [3.8, 4) is 89.0 Å². The molecule has 334 valence electrons. The molecule has 0 nitrogen and oxygen atoms in total. The summed E-state index contributed by atoms with van der Waals surface area (Å²) in [6, 6.07) is 85.6. The number of benzene rings is 10. The van der Waals surface area contributed by atoms with E-state index in [0.717, 1.165) is 0 Å². The predicted molar refractivity (Wildman–Crippen MR) is 300 cm³/mol. The van der Waals surface area contributed by atoms with Gasteiger partial charge in [-0.2, -0.15) is 0 Å². The molecule has 1 heterocycles. The smallest absolute Gasteiger partial charge is 0.0434 e. The van der Waals surface area contributed by atoms with Crippen LogP contribution in [0.4, 0.5) is 0 Å². The first kappa shape index (κ1) is 44.0. The van der Waals surface area contributed by atoms with Crippen molar-refractivity contribution in [3.63, 3.8) is 0 Å². The summed E-state index contributed by atoms with van der Waals surface area (Å²) in [6.45, 7) is 14.1. The van der Waals surface area contributed by atoms with E-state index >= 15 is 0 Å². The van der Waals surface area contributed by atoms with Crippen LogP contribution in [0.5, 0.6) is 0 Å². The van der Waals surface area contributed by atoms with Crippen molar-refractivity contribution in [1.82, 2.24) is 0 Å². The monoisotopic (exact) mass is 904 g/mol. The second kappa shape index (κ2) is 17.8. The molecule has 0 atom stereocenters. The average molecular weight is 905 g/mol. The molecule has 0 unspecified atom stereocenters. The molecule has 11 rings (SSSR count). The van der Waals surface area contributed by atoms with E-state index in [9.17, 15) is 0 Å². The van der Waals surface area contributed by atoms with Gasteiger partial charge in [-0.05, 0) is 184 Å². The van der Waals surface area contributed by atoms with Crippen LogP contribution in [-0.4, -0.2) is 0 Å². The molecule has 10 aromatic carbocycles. The van der Waals surface area contributed by atoms with Gasteiger partial charge in [0, 0.05) is 20.2 Å². The molecule has 0 saturated heterocycles. The van der Waals surface area contributed by atoms with Gasteiger partial charge < -0.3 is 0 Å². The van der Waals surface area contributed by atoms with E-state index in [2.05, 4.69) is 272 Å². The van der Waals surface area contributed by atoms with Crippen LogP contribution in [0.25, 0.3) is 109 Å². The summed E-state index contributed by atoms with van der Waals surface area (Å²) >= 11 is 1.95. The van der Waals surface area contributed by atoms with E-state index in [1.165, 1.54) is 120 Å². The summed E-state index contributed by atoms with van der Waals surface area (Å²) in [5.41, 5.74) is 22.1. The highest BCUT2D eigenvalue weighted by molar-refractivity contribution is 7.26. The van der Waals surface area contributed by atoms with Crippen molar-refractivity contribution in [3.05, 3.63) is 242 Å². The largest absolute Gasteiger partial charge is 0.134 e. The van der Waals surface area contributed by atoms with Gasteiger partial charge >= 0.3 is 0 Å². The fourth-order valence-corrected chi connectivity index (χ4v) is 11.1. The molecule has 0 aliphatic heterocycles. The second-order valence-electron chi connectivity index (χ2n) is 20.6. The molecule has 0 bridgehead atoms. The normalized spacial score (nSPS) is 11.9. The van der Waals surface area contributed by atoms with Gasteiger partial charge in [0.1, 0.15) is 0 Å². The highest BCUT2D eigenvalue weighted by Crippen LogP contribution is 2.48. The topological polar surface area (TPSA) is 0 Å². The number of hydrogen-bond acceptors (Lipinski definition) is 1. The van der Waals surface area contributed by atoms with Crippen molar-refractivity contribution in [2.75, 3.05) is 0 Å². The lowest BCUT2D eigenvalue weighted by molar-refractivity contribution is 0.590. The van der Waals surface area contributed by atoms with Crippen LogP contribution in [0, 0.1) is 0 Å². The van der Waals surface area contributed by atoms with Gasteiger partial charge in [0.15, 0.2) is 0 Å². The maximum absolute atomic E-state index is 2.49. The zero-order chi connectivity index (χ0) is 47.3. The van der Waals surface area contributed by atoms with Gasteiger partial charge in [-0.15, -0.1) is 11.3 Å². The van der Waals surface area contributed by atoms with Crippen LogP contribution in [0.15, 0.2) is 231 Å². The van der Waals surface area contributed by atoms with E-state index in [-0.39, 0.29) is 10.8 Å². The lowest BCUT2D eigenvalue weighted by Gasteiger charge is -2.22. The fourth-order valence-electron chi connectivity index (χ4n) is 9.78. The van der Waals surface area contributed by atoms with Gasteiger partial charge in [-0.25, -0.2) is 0 Å². The minimum atomic E-state index is -0.0604. The van der Waals surface area contributed by atoms with Crippen LogP contribution in [-0.2, 0) is 10.8 Å². The lowest BCUT2D eigenvalue weighted by atomic mass is 9.82. The SMILES string of the molecule is CC(C)(C)c1cc(-c2cccc(-c3cc(-c4ccccc4)cc(-c4ccccc4)c3)c2)c2sc3c(-c4cccc(-c5cc(-c6ccccc6)cc(-c6ccccc6)c5)c4)cc(C(C)(C)C)cc3c2c1. The third-order valence-electron chi connectivity index (χ3n) is 13.7. The molecular weight excluding hydrogens is 849 g/mol. The highest BCUT2D eigenvalue weighted by Gasteiger charge is 2.24. The first-order chi connectivity index (χ1) is 33.4. The van der Waals surface area contributed by atoms with E-state index in [0.29, 0.717) is 0 Å². The summed E-state index contributed by atoms with van der Waals surface area (Å²) in [5, 5.41) is 2.65. The molecule has 0 spiro atoms. The third-order valence-corrected chi connectivity index (χ3v) is 15.0. The molecule has 0 aliphatic rings. The molecule has 11 aromatic rings. The van der Waals surface area contributed by atoms with Crippen LogP contribution in [0.2, 0.25) is 0 Å². The molecule has 0 aliphatic carbocycles. The standard InChI is InChI=1S/C68H56S/c1-67(2,3)59-41-61(51-31-19-29-49(33-51)57-37-53(45-21-11-7-12-22-45)35-54(38-57)46-23-13-8-14-24-46)65-63(43-59)64-44-60(68(4,5)6)42-62(66(64)69-65)52-32-20-30-50(34-52)58-39-55(47-25-15-9-16-26-47)36-56(40-58)48-27-17-10-18-28-48/h7-44H,1-6H3. The van der Waals surface area contributed by atoms with Gasteiger partial charge in [0.25, 0.3) is 0 Å². The molecular formula is C68H56S. The molecule has 0 fully saturated rings. The zero-order valence-corrected chi connectivity index (χ0v) is 41.2. The molecule has 0 amide bonds. The molecule has 0 N–H and O–H groups in total. The molecule has 1 aromatic heterocycles. The quantitative estimate of drug-likeness (QED) is 0.143. The van der Waals surface area contributed by atoms with Crippen LogP contribution >= 0.6 is 11.3 Å². The van der Waals surface area contributed by atoms with E-state index in [1.807, 2.05) is 11.3 Å². The third kappa shape index (κ3) is 8.88. The Morgan fingerprint density at radius 3 is 0.768 bits per heavy atom. The number of hydrogen-bond donors (Lipinski definition) is 0. The maximum Gasteiger partial charge on any atom is 0.0434 e. The average Bonchev–Trinajstić information content (AvgIpc) is 3.77. The zero-order valence-electron chi connectivity index (χ0n) is 40.3. The fraction of sp³-hybridized carbons (Fsp3) is 0.118. The van der Waals surface area contributed by atoms with Gasteiger partial charge in [0.05, 0.1) is 0 Å². The van der Waals surface area contributed by atoms with Gasteiger partial charge in [-0.3, -0.25) is 0 Å². The Balaban J connectivity index is 1.10. The van der Waals surface area contributed by atoms with Crippen LogP contribution < -0.4 is 0 Å². The number of rotatable bonds is 8. The molecule has 0 radical (unpaired) electrons. The predicted octanol–water partition coefficient (Wildman–Crippen LogP) is 20.0. The summed E-state index contributed by atoms with van der Waals surface area (Å²) in [6.07, 6.45) is 0. The minimum Gasteiger partial charge on any atom is -0.134 e. The van der Waals surface area contributed by atoms with Crippen molar-refractivity contribution < 1.29 is 0 Å². The van der Waals surface area contributed by atoms with Crippen molar-refractivity contribution in [2.45, 2.75) is 52.4 Å². The molecule has 1 heteroatoms. The Morgan fingerprint density at radius 1 is 0.232 bits per heavy atom. The van der Waals surface area contributed by atoms with Crippen LogP contribution in [0.3, 0.4) is 0 Å². The first-order valence-corrected chi connectivity index (χ1v) is 25.0. The molecule has 0 saturated carbocycles. The van der Waals surface area contributed by atoms with E-state index in [1.54, 1.807) is 0 Å².